The summed E-state index contributed by atoms with van der Waals surface area (Å²) in [4.78, 5) is 0. The second-order valence-electron chi connectivity index (χ2n) is 4.89. The second-order valence-corrected chi connectivity index (χ2v) is 5.71. The largest absolute Gasteiger partial charge is 0.492 e. The fourth-order valence-electron chi connectivity index (χ4n) is 2.11. The van der Waals surface area contributed by atoms with Crippen LogP contribution in [0.15, 0.2) is 24.3 Å². The summed E-state index contributed by atoms with van der Waals surface area (Å²) in [6.07, 6.45) is 0.626. The molecule has 0 saturated heterocycles. The van der Waals surface area contributed by atoms with Gasteiger partial charge in [-0.2, -0.15) is 5.10 Å². The average Bonchev–Trinajstić information content (AvgIpc) is 2.74. The van der Waals surface area contributed by atoms with Gasteiger partial charge in [-0.25, -0.2) is 0 Å². The quantitative estimate of drug-likeness (QED) is 0.883. The Morgan fingerprint density at radius 3 is 2.57 bits per heavy atom. The molecule has 0 aliphatic carbocycles. The Balaban J connectivity index is 1.95. The van der Waals surface area contributed by atoms with E-state index in [9.17, 15) is 0 Å². The molecule has 2 N–H and O–H groups in total. The molecule has 4 nitrogen and oxygen atoms in total. The molecule has 0 saturated carbocycles. The Hall–Kier alpha value is -1.23. The topological polar surface area (TPSA) is 53.1 Å². The summed E-state index contributed by atoms with van der Waals surface area (Å²) in [7, 11) is 0. The summed E-state index contributed by atoms with van der Waals surface area (Å²) < 4.78 is 7.55. The van der Waals surface area contributed by atoms with E-state index in [-0.39, 0.29) is 6.04 Å². The minimum atomic E-state index is -0.153. The highest BCUT2D eigenvalue weighted by Crippen LogP contribution is 2.22. The highest BCUT2D eigenvalue weighted by Gasteiger charge is 2.16. The van der Waals surface area contributed by atoms with Crippen LogP contribution >= 0.6 is 23.2 Å². The van der Waals surface area contributed by atoms with Crippen LogP contribution in [0.5, 0.6) is 5.75 Å². The SMILES string of the molecule is CCn1nc(C)c(Cl)c1CC(N)COc1ccc(Cl)cc1. The molecule has 1 atom stereocenters. The zero-order chi connectivity index (χ0) is 15.4. The molecule has 1 aromatic heterocycles. The number of hydrogen-bond donors (Lipinski definition) is 1. The molecule has 6 heteroatoms. The Morgan fingerprint density at radius 2 is 1.95 bits per heavy atom. The number of nitrogens with two attached hydrogens (primary N) is 1. The lowest BCUT2D eigenvalue weighted by atomic mass is 10.1. The van der Waals surface area contributed by atoms with Crippen LogP contribution in [0.25, 0.3) is 0 Å². The Bertz CT molecular complexity index is 596. The average molecular weight is 328 g/mol. The van der Waals surface area contributed by atoms with Crippen LogP contribution in [-0.2, 0) is 13.0 Å². The zero-order valence-electron chi connectivity index (χ0n) is 12.1. The maximum atomic E-state index is 6.28. The first kappa shape index (κ1) is 16.1. The monoisotopic (exact) mass is 327 g/mol. The first-order valence-electron chi connectivity index (χ1n) is 6.87. The van der Waals surface area contributed by atoms with Crippen molar-refractivity contribution in [3.8, 4) is 5.75 Å². The Labute approximate surface area is 134 Å². The van der Waals surface area contributed by atoms with Gasteiger partial charge in [-0.3, -0.25) is 4.68 Å². The van der Waals surface area contributed by atoms with Crippen LogP contribution in [0.4, 0.5) is 0 Å². The highest BCUT2D eigenvalue weighted by atomic mass is 35.5. The molecule has 2 aromatic rings. The molecule has 1 unspecified atom stereocenters. The standard InChI is InChI=1S/C15H19Cl2N3O/c1-3-20-14(15(17)10(2)19-20)8-12(18)9-21-13-6-4-11(16)5-7-13/h4-7,12H,3,8-9,18H2,1-2H3. The lowest BCUT2D eigenvalue weighted by Crippen LogP contribution is -2.31. The van der Waals surface area contributed by atoms with Crippen LogP contribution < -0.4 is 10.5 Å². The third kappa shape index (κ3) is 4.13. The van der Waals surface area contributed by atoms with E-state index >= 15 is 0 Å². The number of nitrogens with zero attached hydrogens (tertiary/aromatic N) is 2. The van der Waals surface area contributed by atoms with Gasteiger partial charge in [-0.05, 0) is 38.1 Å². The van der Waals surface area contributed by atoms with Gasteiger partial charge in [0.15, 0.2) is 0 Å². The predicted molar refractivity (Wildman–Crippen MR) is 86.3 cm³/mol. The van der Waals surface area contributed by atoms with Crippen molar-refractivity contribution in [2.75, 3.05) is 6.61 Å². The van der Waals surface area contributed by atoms with Gasteiger partial charge in [0.1, 0.15) is 12.4 Å². The molecule has 1 heterocycles. The number of aryl methyl sites for hydroxylation is 2. The van der Waals surface area contributed by atoms with E-state index in [2.05, 4.69) is 5.10 Å². The Kier molecular flexibility index (Phi) is 5.51. The summed E-state index contributed by atoms with van der Waals surface area (Å²) >= 11 is 12.1. The third-order valence-corrected chi connectivity index (χ3v) is 3.93. The molecular formula is C15H19Cl2N3O. The maximum Gasteiger partial charge on any atom is 0.119 e. The molecule has 0 radical (unpaired) electrons. The molecule has 0 amide bonds. The molecule has 0 aliphatic heterocycles. The van der Waals surface area contributed by atoms with Crippen molar-refractivity contribution in [1.82, 2.24) is 9.78 Å². The number of aromatic nitrogens is 2. The molecule has 0 spiro atoms. The van der Waals surface area contributed by atoms with E-state index in [0.717, 1.165) is 23.7 Å². The van der Waals surface area contributed by atoms with Crippen molar-refractivity contribution in [1.29, 1.82) is 0 Å². The summed E-state index contributed by atoms with van der Waals surface area (Å²) in [5.41, 5.74) is 7.93. The lowest BCUT2D eigenvalue weighted by molar-refractivity contribution is 0.285. The van der Waals surface area contributed by atoms with Gasteiger partial charge >= 0.3 is 0 Å². The molecular weight excluding hydrogens is 309 g/mol. The lowest BCUT2D eigenvalue weighted by Gasteiger charge is -2.14. The van der Waals surface area contributed by atoms with Crippen molar-refractivity contribution in [2.24, 2.45) is 5.73 Å². The van der Waals surface area contributed by atoms with Crippen molar-refractivity contribution in [3.05, 3.63) is 45.7 Å². The smallest absolute Gasteiger partial charge is 0.119 e. The summed E-state index contributed by atoms with van der Waals surface area (Å²) in [5.74, 6) is 0.751. The van der Waals surface area contributed by atoms with E-state index in [1.165, 1.54) is 0 Å². The maximum absolute atomic E-state index is 6.28. The molecule has 1 aromatic carbocycles. The van der Waals surface area contributed by atoms with Crippen LogP contribution in [0.1, 0.15) is 18.3 Å². The minimum absolute atomic E-state index is 0.153. The molecule has 0 fully saturated rings. The molecule has 0 aliphatic rings. The summed E-state index contributed by atoms with van der Waals surface area (Å²) in [6, 6.07) is 7.06. The van der Waals surface area contributed by atoms with Gasteiger partial charge in [0.05, 0.1) is 16.4 Å². The van der Waals surface area contributed by atoms with E-state index in [0.29, 0.717) is 23.1 Å². The molecule has 114 valence electrons. The molecule has 21 heavy (non-hydrogen) atoms. The van der Waals surface area contributed by atoms with E-state index in [1.54, 1.807) is 12.1 Å². The fraction of sp³-hybridized carbons (Fsp3) is 0.400. The number of rotatable bonds is 6. The van der Waals surface area contributed by atoms with Gasteiger partial charge in [0.25, 0.3) is 0 Å². The van der Waals surface area contributed by atoms with E-state index in [4.69, 9.17) is 33.7 Å². The van der Waals surface area contributed by atoms with Gasteiger partial charge in [-0.1, -0.05) is 23.2 Å². The van der Waals surface area contributed by atoms with Crippen molar-refractivity contribution in [3.63, 3.8) is 0 Å². The zero-order valence-corrected chi connectivity index (χ0v) is 13.7. The van der Waals surface area contributed by atoms with Crippen LogP contribution in [0.3, 0.4) is 0 Å². The van der Waals surface area contributed by atoms with Gasteiger partial charge in [0, 0.05) is 24.0 Å². The van der Waals surface area contributed by atoms with Gasteiger partial charge in [-0.15, -0.1) is 0 Å². The molecule has 0 bridgehead atoms. The highest BCUT2D eigenvalue weighted by molar-refractivity contribution is 6.31. The second kappa shape index (κ2) is 7.16. The summed E-state index contributed by atoms with van der Waals surface area (Å²) in [6.45, 7) is 5.11. The minimum Gasteiger partial charge on any atom is -0.492 e. The first-order valence-corrected chi connectivity index (χ1v) is 7.62. The number of benzene rings is 1. The number of halogens is 2. The van der Waals surface area contributed by atoms with Gasteiger partial charge in [0.2, 0.25) is 0 Å². The van der Waals surface area contributed by atoms with E-state index < -0.39 is 0 Å². The van der Waals surface area contributed by atoms with E-state index in [1.807, 2.05) is 30.7 Å². The number of ether oxygens (including phenoxy) is 1. The van der Waals surface area contributed by atoms with Crippen LogP contribution in [-0.4, -0.2) is 22.4 Å². The number of hydrogen-bond acceptors (Lipinski definition) is 3. The normalized spacial score (nSPS) is 12.4. The third-order valence-electron chi connectivity index (χ3n) is 3.19. The Morgan fingerprint density at radius 1 is 1.29 bits per heavy atom. The predicted octanol–water partition coefficient (Wildman–Crippen LogP) is 3.47. The first-order chi connectivity index (χ1) is 10.0. The van der Waals surface area contributed by atoms with Crippen LogP contribution in [0.2, 0.25) is 10.0 Å². The fourth-order valence-corrected chi connectivity index (χ4v) is 2.44. The van der Waals surface area contributed by atoms with Crippen molar-refractivity contribution in [2.45, 2.75) is 32.9 Å². The summed E-state index contributed by atoms with van der Waals surface area (Å²) in [5, 5.41) is 5.76. The van der Waals surface area contributed by atoms with Crippen molar-refractivity contribution < 1.29 is 4.74 Å². The van der Waals surface area contributed by atoms with Crippen LogP contribution in [0, 0.1) is 6.92 Å². The molecule has 2 rings (SSSR count). The van der Waals surface area contributed by atoms with Crippen molar-refractivity contribution >= 4 is 23.2 Å². The van der Waals surface area contributed by atoms with Gasteiger partial charge < -0.3 is 10.5 Å².